The van der Waals surface area contributed by atoms with Gasteiger partial charge in [0.25, 0.3) is 0 Å². The van der Waals surface area contributed by atoms with Gasteiger partial charge in [-0.25, -0.2) is 4.98 Å². The van der Waals surface area contributed by atoms with Crippen LogP contribution in [-0.4, -0.2) is 18.6 Å². The Labute approximate surface area is 107 Å². The van der Waals surface area contributed by atoms with Crippen LogP contribution < -0.4 is 5.32 Å². The topological polar surface area (TPSA) is 24.9 Å². The second-order valence-corrected chi connectivity index (χ2v) is 5.18. The van der Waals surface area contributed by atoms with Crippen LogP contribution in [0.15, 0.2) is 30.3 Å². The normalized spacial score (nSPS) is 10.7. The predicted octanol–water partition coefficient (Wildman–Crippen LogP) is 3.27. The van der Waals surface area contributed by atoms with Crippen LogP contribution in [0.3, 0.4) is 0 Å². The van der Waals surface area contributed by atoms with E-state index in [1.807, 2.05) is 24.5 Å². The van der Waals surface area contributed by atoms with E-state index in [9.17, 15) is 0 Å². The minimum atomic E-state index is 1.07. The molecule has 2 aromatic rings. The van der Waals surface area contributed by atoms with E-state index in [0.29, 0.717) is 0 Å². The maximum absolute atomic E-state index is 4.66. The van der Waals surface area contributed by atoms with Crippen LogP contribution in [0.1, 0.15) is 17.0 Å². The van der Waals surface area contributed by atoms with Gasteiger partial charge in [-0.3, -0.25) is 0 Å². The molecule has 0 amide bonds. The van der Waals surface area contributed by atoms with Gasteiger partial charge in [0.1, 0.15) is 5.01 Å². The summed E-state index contributed by atoms with van der Waals surface area (Å²) >= 11 is 1.82. The standard InChI is InChI=1S/C14H18N2S/c1-11-13(9-6-10-15-2)17-14(16-11)12-7-4-3-5-8-12/h3-5,7-8,15H,6,9-10H2,1-2H3. The zero-order valence-electron chi connectivity index (χ0n) is 10.4. The molecule has 0 aliphatic rings. The van der Waals surface area contributed by atoms with Gasteiger partial charge in [0, 0.05) is 10.4 Å². The van der Waals surface area contributed by atoms with Gasteiger partial charge in [-0.2, -0.15) is 0 Å². The number of nitrogens with zero attached hydrogens (tertiary/aromatic N) is 1. The fourth-order valence-electron chi connectivity index (χ4n) is 1.79. The summed E-state index contributed by atoms with van der Waals surface area (Å²) in [6, 6.07) is 10.4. The molecule has 0 saturated heterocycles. The van der Waals surface area contributed by atoms with Crippen molar-refractivity contribution in [2.75, 3.05) is 13.6 Å². The van der Waals surface area contributed by atoms with Gasteiger partial charge < -0.3 is 5.32 Å². The Morgan fingerprint density at radius 2 is 2.00 bits per heavy atom. The number of nitrogens with one attached hydrogen (secondary N) is 1. The Kier molecular flexibility index (Phi) is 4.29. The molecule has 1 aromatic heterocycles. The Hall–Kier alpha value is -1.19. The Balaban J connectivity index is 2.13. The molecule has 0 radical (unpaired) electrons. The molecular formula is C14H18N2S. The van der Waals surface area contributed by atoms with E-state index in [0.717, 1.165) is 18.0 Å². The molecule has 0 spiro atoms. The Morgan fingerprint density at radius 3 is 2.71 bits per heavy atom. The van der Waals surface area contributed by atoms with Gasteiger partial charge in [0.2, 0.25) is 0 Å². The fraction of sp³-hybridized carbons (Fsp3) is 0.357. The van der Waals surface area contributed by atoms with E-state index in [1.165, 1.54) is 22.6 Å². The zero-order chi connectivity index (χ0) is 12.1. The minimum absolute atomic E-state index is 1.07. The quantitative estimate of drug-likeness (QED) is 0.819. The highest BCUT2D eigenvalue weighted by molar-refractivity contribution is 7.15. The lowest BCUT2D eigenvalue weighted by Gasteiger charge is -1.97. The van der Waals surface area contributed by atoms with Crippen molar-refractivity contribution in [3.05, 3.63) is 40.9 Å². The average Bonchev–Trinajstić information content (AvgIpc) is 2.73. The molecular weight excluding hydrogens is 228 g/mol. The number of aromatic nitrogens is 1. The van der Waals surface area contributed by atoms with E-state index in [-0.39, 0.29) is 0 Å². The third kappa shape index (κ3) is 3.14. The molecule has 3 heteroatoms. The SMILES string of the molecule is CNCCCc1sc(-c2ccccc2)nc1C. The number of thiazole rings is 1. The number of aryl methyl sites for hydroxylation is 2. The van der Waals surface area contributed by atoms with Crippen molar-refractivity contribution in [3.8, 4) is 10.6 Å². The molecule has 0 unspecified atom stereocenters. The van der Waals surface area contributed by atoms with Gasteiger partial charge in [-0.15, -0.1) is 11.3 Å². The van der Waals surface area contributed by atoms with Crippen LogP contribution in [0.25, 0.3) is 10.6 Å². The van der Waals surface area contributed by atoms with Gasteiger partial charge in [-0.1, -0.05) is 30.3 Å². The van der Waals surface area contributed by atoms with Crippen molar-refractivity contribution >= 4 is 11.3 Å². The molecule has 0 atom stereocenters. The summed E-state index contributed by atoms with van der Waals surface area (Å²) in [4.78, 5) is 6.07. The molecule has 0 fully saturated rings. The monoisotopic (exact) mass is 246 g/mol. The second kappa shape index (κ2) is 5.94. The van der Waals surface area contributed by atoms with Gasteiger partial charge >= 0.3 is 0 Å². The molecule has 1 N–H and O–H groups in total. The molecule has 0 aliphatic carbocycles. The highest BCUT2D eigenvalue weighted by Crippen LogP contribution is 2.28. The van der Waals surface area contributed by atoms with E-state index in [4.69, 9.17) is 0 Å². The van der Waals surface area contributed by atoms with Crippen molar-refractivity contribution in [3.63, 3.8) is 0 Å². The van der Waals surface area contributed by atoms with E-state index in [1.54, 1.807) is 0 Å². The third-order valence-corrected chi connectivity index (χ3v) is 4.01. The first-order valence-electron chi connectivity index (χ1n) is 5.97. The highest BCUT2D eigenvalue weighted by atomic mass is 32.1. The van der Waals surface area contributed by atoms with Crippen LogP contribution in [0, 0.1) is 6.92 Å². The molecule has 0 bridgehead atoms. The maximum atomic E-state index is 4.66. The van der Waals surface area contributed by atoms with Crippen LogP contribution in [0.4, 0.5) is 0 Å². The fourth-order valence-corrected chi connectivity index (χ4v) is 2.90. The summed E-state index contributed by atoms with van der Waals surface area (Å²) in [6.45, 7) is 3.18. The van der Waals surface area contributed by atoms with Crippen molar-refractivity contribution in [2.24, 2.45) is 0 Å². The van der Waals surface area contributed by atoms with Crippen LogP contribution in [-0.2, 0) is 6.42 Å². The number of hydrogen-bond acceptors (Lipinski definition) is 3. The smallest absolute Gasteiger partial charge is 0.123 e. The summed E-state index contributed by atoms with van der Waals surface area (Å²) in [5.41, 5.74) is 2.41. The van der Waals surface area contributed by atoms with E-state index >= 15 is 0 Å². The van der Waals surface area contributed by atoms with Crippen molar-refractivity contribution in [1.29, 1.82) is 0 Å². The lowest BCUT2D eigenvalue weighted by atomic mass is 10.2. The largest absolute Gasteiger partial charge is 0.320 e. The third-order valence-electron chi connectivity index (χ3n) is 2.74. The number of benzene rings is 1. The first-order chi connectivity index (χ1) is 8.31. The second-order valence-electron chi connectivity index (χ2n) is 4.10. The van der Waals surface area contributed by atoms with Crippen LogP contribution in [0.5, 0.6) is 0 Å². The minimum Gasteiger partial charge on any atom is -0.320 e. The molecule has 1 aromatic carbocycles. The lowest BCUT2D eigenvalue weighted by molar-refractivity contribution is 0.727. The molecule has 17 heavy (non-hydrogen) atoms. The molecule has 1 heterocycles. The van der Waals surface area contributed by atoms with E-state index in [2.05, 4.69) is 41.5 Å². The number of hydrogen-bond donors (Lipinski definition) is 1. The van der Waals surface area contributed by atoms with Crippen LogP contribution in [0.2, 0.25) is 0 Å². The zero-order valence-corrected chi connectivity index (χ0v) is 11.2. The summed E-state index contributed by atoms with van der Waals surface area (Å²) in [5, 5.41) is 4.32. The van der Waals surface area contributed by atoms with Gasteiger partial charge in [-0.05, 0) is 33.4 Å². The molecule has 2 rings (SSSR count). The van der Waals surface area contributed by atoms with Gasteiger partial charge in [0.15, 0.2) is 0 Å². The molecule has 2 nitrogen and oxygen atoms in total. The summed E-state index contributed by atoms with van der Waals surface area (Å²) < 4.78 is 0. The highest BCUT2D eigenvalue weighted by Gasteiger charge is 2.08. The van der Waals surface area contributed by atoms with Crippen molar-refractivity contribution in [2.45, 2.75) is 19.8 Å². The van der Waals surface area contributed by atoms with Gasteiger partial charge in [0.05, 0.1) is 5.69 Å². The molecule has 90 valence electrons. The molecule has 0 saturated carbocycles. The molecule has 0 aliphatic heterocycles. The number of rotatable bonds is 5. The first kappa shape index (κ1) is 12.3. The van der Waals surface area contributed by atoms with Crippen molar-refractivity contribution in [1.82, 2.24) is 10.3 Å². The summed E-state index contributed by atoms with van der Waals surface area (Å²) in [5.74, 6) is 0. The average molecular weight is 246 g/mol. The lowest BCUT2D eigenvalue weighted by Crippen LogP contribution is -2.08. The Bertz CT molecular complexity index is 462. The maximum Gasteiger partial charge on any atom is 0.123 e. The summed E-state index contributed by atoms with van der Waals surface area (Å²) in [7, 11) is 1.99. The van der Waals surface area contributed by atoms with Crippen LogP contribution >= 0.6 is 11.3 Å². The van der Waals surface area contributed by atoms with Crippen molar-refractivity contribution < 1.29 is 0 Å². The Morgan fingerprint density at radius 1 is 1.24 bits per heavy atom. The summed E-state index contributed by atoms with van der Waals surface area (Å²) in [6.07, 6.45) is 2.30. The first-order valence-corrected chi connectivity index (χ1v) is 6.79. The predicted molar refractivity (Wildman–Crippen MR) is 74.5 cm³/mol. The van der Waals surface area contributed by atoms with E-state index < -0.39 is 0 Å².